The largest absolute Gasteiger partial charge is 0.330 e. The molecule has 9 heteroatoms. The van der Waals surface area contributed by atoms with Gasteiger partial charge in [-0.25, -0.2) is 4.39 Å². The Balaban J connectivity index is 1.48. The van der Waals surface area contributed by atoms with Gasteiger partial charge in [-0.05, 0) is 77.0 Å². The Hall–Kier alpha value is -2.71. The van der Waals surface area contributed by atoms with Gasteiger partial charge in [-0.3, -0.25) is 9.59 Å². The fourth-order valence-electron chi connectivity index (χ4n) is 4.71. The van der Waals surface area contributed by atoms with Crippen molar-refractivity contribution in [3.63, 3.8) is 0 Å². The summed E-state index contributed by atoms with van der Waals surface area (Å²) in [4.78, 5) is 32.1. The van der Waals surface area contributed by atoms with E-state index in [0.29, 0.717) is 22.2 Å². The number of amides is 2. The molecule has 1 aliphatic heterocycles. The van der Waals surface area contributed by atoms with Crippen LogP contribution in [0.4, 0.5) is 4.39 Å². The summed E-state index contributed by atoms with van der Waals surface area (Å²) in [7, 11) is 0. The fourth-order valence-corrected chi connectivity index (χ4v) is 6.53. The smallest absolute Gasteiger partial charge is 0.254 e. The summed E-state index contributed by atoms with van der Waals surface area (Å²) in [6.45, 7) is 0.497. The summed E-state index contributed by atoms with van der Waals surface area (Å²) in [5.74, 6) is -0.862. The molecule has 0 radical (unpaired) electrons. The van der Waals surface area contributed by atoms with Crippen molar-refractivity contribution in [1.82, 2.24) is 9.80 Å². The van der Waals surface area contributed by atoms with Crippen LogP contribution in [0.1, 0.15) is 38.0 Å². The molecular weight excluding hydrogens is 610 g/mol. The third-order valence-corrected chi connectivity index (χ3v) is 8.57. The summed E-state index contributed by atoms with van der Waals surface area (Å²) >= 11 is 17.9. The van der Waals surface area contributed by atoms with Gasteiger partial charge in [-0.15, -0.1) is 11.3 Å². The second-order valence-electron chi connectivity index (χ2n) is 9.00. The van der Waals surface area contributed by atoms with Crippen molar-refractivity contribution < 1.29 is 14.0 Å². The number of halogens is 4. The molecule has 0 N–H and O–H groups in total. The molecule has 1 atom stereocenters. The Labute approximate surface area is 242 Å². The van der Waals surface area contributed by atoms with Gasteiger partial charge in [0.1, 0.15) is 12.4 Å². The molecule has 0 spiro atoms. The van der Waals surface area contributed by atoms with Gasteiger partial charge in [0.25, 0.3) is 5.91 Å². The minimum Gasteiger partial charge on any atom is -0.330 e. The molecular formula is C29H22BrCl2FN2O2S. The first-order chi connectivity index (χ1) is 18.3. The number of fused-ring (bicyclic) bond motifs is 1. The van der Waals surface area contributed by atoms with Gasteiger partial charge in [-0.2, -0.15) is 0 Å². The molecule has 1 aromatic heterocycles. The van der Waals surface area contributed by atoms with Crippen molar-refractivity contribution in [3.05, 3.63) is 126 Å². The molecule has 4 nitrogen and oxygen atoms in total. The number of nitrogens with zero attached hydrogens (tertiary/aromatic N) is 2. The zero-order valence-corrected chi connectivity index (χ0v) is 24.0. The summed E-state index contributed by atoms with van der Waals surface area (Å²) < 4.78 is 14.3. The maximum atomic E-state index is 13.9. The summed E-state index contributed by atoms with van der Waals surface area (Å²) in [6.07, 6.45) is 0.720. The summed E-state index contributed by atoms with van der Waals surface area (Å²) in [5.41, 5.74) is 2.98. The van der Waals surface area contributed by atoms with Crippen molar-refractivity contribution in [1.29, 1.82) is 0 Å². The highest BCUT2D eigenvalue weighted by molar-refractivity contribution is 9.10. The Bertz CT molecular complexity index is 1490. The summed E-state index contributed by atoms with van der Waals surface area (Å²) in [5, 5.41) is 3.02. The van der Waals surface area contributed by atoms with E-state index in [1.807, 2.05) is 23.6 Å². The van der Waals surface area contributed by atoms with Crippen LogP contribution in [0.5, 0.6) is 0 Å². The van der Waals surface area contributed by atoms with Gasteiger partial charge in [0.15, 0.2) is 0 Å². The Morgan fingerprint density at radius 2 is 1.82 bits per heavy atom. The highest BCUT2D eigenvalue weighted by Crippen LogP contribution is 2.41. The number of carbonyl (C=O) groups excluding carboxylic acids is 2. The molecule has 0 fully saturated rings. The molecule has 2 heterocycles. The lowest BCUT2D eigenvalue weighted by molar-refractivity contribution is -0.134. The second-order valence-corrected chi connectivity index (χ2v) is 11.8. The topological polar surface area (TPSA) is 40.6 Å². The van der Waals surface area contributed by atoms with Crippen LogP contribution < -0.4 is 0 Å². The second kappa shape index (κ2) is 11.6. The first-order valence-electron chi connectivity index (χ1n) is 11.9. The monoisotopic (exact) mass is 630 g/mol. The average Bonchev–Trinajstić information content (AvgIpc) is 3.38. The molecule has 0 saturated carbocycles. The molecule has 1 unspecified atom stereocenters. The van der Waals surface area contributed by atoms with E-state index >= 15 is 0 Å². The van der Waals surface area contributed by atoms with E-state index in [2.05, 4.69) is 15.9 Å². The van der Waals surface area contributed by atoms with Crippen LogP contribution >= 0.6 is 50.5 Å². The van der Waals surface area contributed by atoms with Crippen LogP contribution in [0.3, 0.4) is 0 Å². The maximum Gasteiger partial charge on any atom is 0.254 e. The number of benzene rings is 3. The van der Waals surface area contributed by atoms with E-state index in [0.717, 1.165) is 27.6 Å². The van der Waals surface area contributed by atoms with E-state index in [9.17, 15) is 14.0 Å². The predicted molar refractivity (Wildman–Crippen MR) is 153 cm³/mol. The van der Waals surface area contributed by atoms with Crippen LogP contribution in [0.2, 0.25) is 10.0 Å². The van der Waals surface area contributed by atoms with E-state index < -0.39 is 6.04 Å². The molecule has 0 aliphatic carbocycles. The number of rotatable bonds is 6. The van der Waals surface area contributed by atoms with Crippen molar-refractivity contribution in [2.24, 2.45) is 0 Å². The number of hydrogen-bond acceptors (Lipinski definition) is 3. The molecule has 0 saturated heterocycles. The van der Waals surface area contributed by atoms with Crippen molar-refractivity contribution in [2.45, 2.75) is 19.0 Å². The lowest BCUT2D eigenvalue weighted by Crippen LogP contribution is -2.46. The fraction of sp³-hybridized carbons (Fsp3) is 0.172. The van der Waals surface area contributed by atoms with Gasteiger partial charge >= 0.3 is 0 Å². The van der Waals surface area contributed by atoms with Crippen molar-refractivity contribution in [3.8, 4) is 0 Å². The molecule has 5 rings (SSSR count). The van der Waals surface area contributed by atoms with E-state index in [4.69, 9.17) is 23.2 Å². The third kappa shape index (κ3) is 5.81. The molecule has 194 valence electrons. The van der Waals surface area contributed by atoms with E-state index in [-0.39, 0.29) is 30.7 Å². The Morgan fingerprint density at radius 3 is 2.55 bits per heavy atom. The SMILES string of the molecule is O=C(c1cccc(Br)c1)N(CC(=O)N1CCc2sccc2C1c1ccc(Cl)cc1Cl)Cc1ccc(F)cc1. The quantitative estimate of drug-likeness (QED) is 0.218. The minimum absolute atomic E-state index is 0.149. The minimum atomic E-state index is -0.393. The van der Waals surface area contributed by atoms with Crippen LogP contribution in [0.15, 0.2) is 82.6 Å². The summed E-state index contributed by atoms with van der Waals surface area (Å²) in [6, 6.07) is 19.9. The van der Waals surface area contributed by atoms with Crippen LogP contribution in [-0.4, -0.2) is 34.7 Å². The first kappa shape index (κ1) is 26.9. The zero-order valence-electron chi connectivity index (χ0n) is 20.0. The molecule has 2 amide bonds. The van der Waals surface area contributed by atoms with Gasteiger partial charge in [-0.1, -0.05) is 63.4 Å². The molecule has 4 aromatic rings. The van der Waals surface area contributed by atoms with Crippen LogP contribution in [0.25, 0.3) is 0 Å². The number of carbonyl (C=O) groups is 2. The van der Waals surface area contributed by atoms with Gasteiger partial charge < -0.3 is 9.80 Å². The normalized spacial score (nSPS) is 14.7. The predicted octanol–water partition coefficient (Wildman–Crippen LogP) is 7.77. The number of thiophene rings is 1. The first-order valence-corrected chi connectivity index (χ1v) is 14.3. The van der Waals surface area contributed by atoms with Crippen molar-refractivity contribution in [2.75, 3.05) is 13.1 Å². The Kier molecular flexibility index (Phi) is 8.19. The Morgan fingerprint density at radius 1 is 1.03 bits per heavy atom. The standard InChI is InChI=1S/C29H22BrCl2FN2O2S/c30-20-3-1-2-19(14-20)29(37)34(16-18-4-7-22(33)8-5-18)17-27(36)35-12-10-26-24(11-13-38-26)28(35)23-9-6-21(31)15-25(23)32/h1-9,11,13-15,28H,10,12,16-17H2. The van der Waals surface area contributed by atoms with Crippen molar-refractivity contribution >= 4 is 62.3 Å². The van der Waals surface area contributed by atoms with Gasteiger partial charge in [0, 0.05) is 38.0 Å². The molecule has 38 heavy (non-hydrogen) atoms. The zero-order chi connectivity index (χ0) is 26.8. The molecule has 0 bridgehead atoms. The third-order valence-electron chi connectivity index (χ3n) is 6.51. The van der Waals surface area contributed by atoms with Crippen LogP contribution in [-0.2, 0) is 17.8 Å². The van der Waals surface area contributed by atoms with E-state index in [1.165, 1.54) is 21.9 Å². The number of hydrogen-bond donors (Lipinski definition) is 0. The highest BCUT2D eigenvalue weighted by Gasteiger charge is 2.35. The lowest BCUT2D eigenvalue weighted by atomic mass is 9.93. The molecule has 3 aromatic carbocycles. The average molecular weight is 632 g/mol. The maximum absolute atomic E-state index is 13.9. The highest BCUT2D eigenvalue weighted by atomic mass is 79.9. The van der Waals surface area contributed by atoms with Gasteiger partial charge in [0.05, 0.1) is 6.04 Å². The van der Waals surface area contributed by atoms with E-state index in [1.54, 1.807) is 58.7 Å². The lowest BCUT2D eigenvalue weighted by Gasteiger charge is -2.38. The molecule has 1 aliphatic rings. The van der Waals surface area contributed by atoms with Crippen LogP contribution in [0, 0.1) is 5.82 Å². The van der Waals surface area contributed by atoms with Gasteiger partial charge in [0.2, 0.25) is 5.91 Å².